The molecule has 1 fully saturated rings. The summed E-state index contributed by atoms with van der Waals surface area (Å²) in [6.45, 7) is 0.630. The lowest BCUT2D eigenvalue weighted by atomic mass is 10.1. The number of nitrogens with one attached hydrogen (secondary N) is 1. The molecule has 0 saturated carbocycles. The van der Waals surface area contributed by atoms with E-state index in [1.54, 1.807) is 0 Å². The average Bonchev–Trinajstić information content (AvgIpc) is 2.89. The van der Waals surface area contributed by atoms with Crippen LogP contribution in [0.4, 0.5) is 5.69 Å². The van der Waals surface area contributed by atoms with Gasteiger partial charge in [-0.05, 0) is 31.0 Å². The van der Waals surface area contributed by atoms with E-state index in [-0.39, 0.29) is 34.6 Å². The van der Waals surface area contributed by atoms with Gasteiger partial charge in [-0.25, -0.2) is 13.2 Å². The van der Waals surface area contributed by atoms with Crippen molar-refractivity contribution in [3.63, 3.8) is 0 Å². The number of hydrogen-bond acceptors (Lipinski definition) is 5. The van der Waals surface area contributed by atoms with Crippen LogP contribution in [0.15, 0.2) is 23.1 Å². The predicted octanol–water partition coefficient (Wildman–Crippen LogP) is 1.30. The summed E-state index contributed by atoms with van der Waals surface area (Å²) < 4.78 is 28.5. The standard InChI is InChI=1S/C14H17NO6S/c1-22(19,20)12-6-9(14(17)18)5-10(7-12)15-13(16)8-11-3-2-4-21-11/h5-7,11H,2-4,8H2,1H3,(H,15,16)(H,17,18)/t11-/m0/s1. The molecule has 0 aliphatic carbocycles. The molecule has 1 amide bonds. The van der Waals surface area contributed by atoms with Crippen LogP contribution in [0.3, 0.4) is 0 Å². The first-order valence-electron chi connectivity index (χ1n) is 6.75. The van der Waals surface area contributed by atoms with Crippen LogP contribution in [-0.4, -0.2) is 44.4 Å². The molecule has 0 radical (unpaired) electrons. The molecule has 1 heterocycles. The molecule has 22 heavy (non-hydrogen) atoms. The van der Waals surface area contributed by atoms with Gasteiger partial charge in [-0.2, -0.15) is 0 Å². The monoisotopic (exact) mass is 327 g/mol. The molecule has 1 aliphatic rings. The molecule has 7 nitrogen and oxygen atoms in total. The van der Waals surface area contributed by atoms with Gasteiger partial charge < -0.3 is 15.2 Å². The first-order chi connectivity index (χ1) is 10.3. The van der Waals surface area contributed by atoms with Gasteiger partial charge in [-0.15, -0.1) is 0 Å². The fraction of sp³-hybridized carbons (Fsp3) is 0.429. The second kappa shape index (κ2) is 6.45. The average molecular weight is 327 g/mol. The Kier molecular flexibility index (Phi) is 4.82. The Balaban J connectivity index is 2.20. The number of carboxylic acids is 1. The molecule has 0 bridgehead atoms. The normalized spacial score (nSPS) is 18.1. The lowest BCUT2D eigenvalue weighted by molar-refractivity contribution is -0.118. The highest BCUT2D eigenvalue weighted by atomic mass is 32.2. The third-order valence-corrected chi connectivity index (χ3v) is 4.39. The van der Waals surface area contributed by atoms with Crippen LogP contribution < -0.4 is 5.32 Å². The van der Waals surface area contributed by atoms with Crippen LogP contribution in [0.25, 0.3) is 0 Å². The number of aromatic carboxylic acids is 1. The number of ether oxygens (including phenoxy) is 1. The first-order valence-corrected chi connectivity index (χ1v) is 8.65. The Labute approximate surface area is 128 Å². The van der Waals surface area contributed by atoms with Gasteiger partial charge in [0.1, 0.15) is 0 Å². The highest BCUT2D eigenvalue weighted by Crippen LogP contribution is 2.21. The summed E-state index contributed by atoms with van der Waals surface area (Å²) in [5.41, 5.74) is -0.0568. The maximum atomic E-state index is 11.9. The number of carbonyl (C=O) groups excluding carboxylic acids is 1. The minimum Gasteiger partial charge on any atom is -0.478 e. The van der Waals surface area contributed by atoms with Crippen LogP contribution in [0.1, 0.15) is 29.6 Å². The minimum absolute atomic E-state index is 0.142. The molecule has 1 aliphatic heterocycles. The van der Waals surface area contributed by atoms with Gasteiger partial charge in [0.2, 0.25) is 5.91 Å². The zero-order valence-corrected chi connectivity index (χ0v) is 12.9. The summed E-state index contributed by atoms with van der Waals surface area (Å²) in [5.74, 6) is -1.60. The molecule has 1 aromatic carbocycles. The largest absolute Gasteiger partial charge is 0.478 e. The third kappa shape index (κ3) is 4.28. The van der Waals surface area contributed by atoms with Gasteiger partial charge in [-0.3, -0.25) is 4.79 Å². The fourth-order valence-electron chi connectivity index (χ4n) is 2.23. The SMILES string of the molecule is CS(=O)(=O)c1cc(NC(=O)C[C@@H]2CCCO2)cc(C(=O)O)c1. The highest BCUT2D eigenvalue weighted by molar-refractivity contribution is 7.90. The molecule has 1 atom stereocenters. The van der Waals surface area contributed by atoms with Crippen molar-refractivity contribution < 1.29 is 27.9 Å². The molecule has 0 unspecified atom stereocenters. The number of benzene rings is 1. The maximum absolute atomic E-state index is 11.9. The smallest absolute Gasteiger partial charge is 0.335 e. The zero-order chi connectivity index (χ0) is 16.3. The van der Waals surface area contributed by atoms with E-state index in [0.29, 0.717) is 6.61 Å². The summed E-state index contributed by atoms with van der Waals surface area (Å²) in [5, 5.41) is 11.6. The molecule has 0 aromatic heterocycles. The van der Waals surface area contributed by atoms with Gasteiger partial charge in [0.15, 0.2) is 9.84 Å². The third-order valence-electron chi connectivity index (χ3n) is 3.30. The van der Waals surface area contributed by atoms with E-state index < -0.39 is 15.8 Å². The Hall–Kier alpha value is -1.93. The molecule has 0 spiro atoms. The van der Waals surface area contributed by atoms with Crippen molar-refractivity contribution in [2.75, 3.05) is 18.2 Å². The number of carboxylic acid groups (broad SMARTS) is 1. The maximum Gasteiger partial charge on any atom is 0.335 e. The van der Waals surface area contributed by atoms with Crippen LogP contribution in [0.5, 0.6) is 0 Å². The van der Waals surface area contributed by atoms with Crippen molar-refractivity contribution >= 4 is 27.4 Å². The topological polar surface area (TPSA) is 110 Å². The summed E-state index contributed by atoms with van der Waals surface area (Å²) >= 11 is 0. The number of anilines is 1. The van der Waals surface area contributed by atoms with Crippen molar-refractivity contribution in [3.05, 3.63) is 23.8 Å². The van der Waals surface area contributed by atoms with E-state index in [1.807, 2.05) is 0 Å². The Morgan fingerprint density at radius 2 is 2.09 bits per heavy atom. The summed E-state index contributed by atoms with van der Waals surface area (Å²) in [6, 6.07) is 3.53. The van der Waals surface area contributed by atoms with Gasteiger partial charge >= 0.3 is 5.97 Å². The second-order valence-electron chi connectivity index (χ2n) is 5.21. The molecular formula is C14H17NO6S. The van der Waals surface area contributed by atoms with Crippen LogP contribution in [0.2, 0.25) is 0 Å². The van der Waals surface area contributed by atoms with E-state index >= 15 is 0 Å². The van der Waals surface area contributed by atoms with Crippen molar-refractivity contribution in [2.24, 2.45) is 0 Å². The molecule has 2 N–H and O–H groups in total. The Bertz CT molecular complexity index is 691. The lowest BCUT2D eigenvalue weighted by Gasteiger charge is -2.11. The van der Waals surface area contributed by atoms with Crippen LogP contribution >= 0.6 is 0 Å². The molecule has 120 valence electrons. The quantitative estimate of drug-likeness (QED) is 0.843. The Morgan fingerprint density at radius 3 is 2.64 bits per heavy atom. The number of rotatable bonds is 5. The Morgan fingerprint density at radius 1 is 1.36 bits per heavy atom. The molecule has 1 saturated heterocycles. The van der Waals surface area contributed by atoms with E-state index in [9.17, 15) is 18.0 Å². The number of amides is 1. The van der Waals surface area contributed by atoms with Crippen molar-refractivity contribution in [3.8, 4) is 0 Å². The summed E-state index contributed by atoms with van der Waals surface area (Å²) in [7, 11) is -3.58. The van der Waals surface area contributed by atoms with Gasteiger partial charge in [-0.1, -0.05) is 0 Å². The molecular weight excluding hydrogens is 310 g/mol. The number of carbonyl (C=O) groups is 2. The van der Waals surface area contributed by atoms with Crippen LogP contribution in [0, 0.1) is 0 Å². The van der Waals surface area contributed by atoms with Crippen LogP contribution in [-0.2, 0) is 19.4 Å². The van der Waals surface area contributed by atoms with E-state index in [1.165, 1.54) is 12.1 Å². The highest BCUT2D eigenvalue weighted by Gasteiger charge is 2.20. The van der Waals surface area contributed by atoms with Gasteiger partial charge in [0.05, 0.1) is 23.0 Å². The molecule has 2 rings (SSSR count). The van der Waals surface area contributed by atoms with Crippen molar-refractivity contribution in [2.45, 2.75) is 30.3 Å². The predicted molar refractivity (Wildman–Crippen MR) is 78.7 cm³/mol. The minimum atomic E-state index is -3.58. The summed E-state index contributed by atoms with van der Waals surface area (Å²) in [4.78, 5) is 22.8. The zero-order valence-electron chi connectivity index (χ0n) is 12.0. The molecule has 1 aromatic rings. The van der Waals surface area contributed by atoms with Gasteiger partial charge in [0.25, 0.3) is 0 Å². The molecule has 8 heteroatoms. The number of sulfone groups is 1. The summed E-state index contributed by atoms with van der Waals surface area (Å²) in [6.07, 6.45) is 2.70. The lowest BCUT2D eigenvalue weighted by Crippen LogP contribution is -2.19. The van der Waals surface area contributed by atoms with Crippen molar-refractivity contribution in [1.82, 2.24) is 0 Å². The van der Waals surface area contributed by atoms with Gasteiger partial charge in [0, 0.05) is 18.6 Å². The second-order valence-corrected chi connectivity index (χ2v) is 7.23. The van der Waals surface area contributed by atoms with E-state index in [2.05, 4.69) is 5.32 Å². The van der Waals surface area contributed by atoms with E-state index in [0.717, 1.165) is 25.2 Å². The van der Waals surface area contributed by atoms with E-state index in [4.69, 9.17) is 9.84 Å². The van der Waals surface area contributed by atoms with Crippen molar-refractivity contribution in [1.29, 1.82) is 0 Å². The fourth-order valence-corrected chi connectivity index (χ4v) is 2.91. The number of hydrogen-bond donors (Lipinski definition) is 2. The first kappa shape index (κ1) is 16.4.